The van der Waals surface area contributed by atoms with Crippen LogP contribution in [0.1, 0.15) is 43.4 Å². The molecule has 0 aliphatic carbocycles. The fraction of sp³-hybridized carbons (Fsp3) is 0.481. The normalized spacial score (nSPS) is 20.4. The number of hydrogen-bond donors (Lipinski definition) is 1. The number of aryl methyl sites for hydroxylation is 1. The van der Waals surface area contributed by atoms with E-state index in [-0.39, 0.29) is 49.2 Å². The SMILES string of the molecule is C=CCN1C(=O)NC(c2cccc(C)c2)C2=C1CN(CCC(=O)N1CCC(C(=O)OCC)CC1)C2=O. The van der Waals surface area contributed by atoms with E-state index in [1.165, 1.54) is 0 Å². The minimum atomic E-state index is -0.538. The van der Waals surface area contributed by atoms with Crippen LogP contribution in [0.4, 0.5) is 4.79 Å². The second kappa shape index (κ2) is 11.0. The van der Waals surface area contributed by atoms with E-state index in [9.17, 15) is 19.2 Å². The lowest BCUT2D eigenvalue weighted by atomic mass is 9.94. The number of rotatable bonds is 8. The summed E-state index contributed by atoms with van der Waals surface area (Å²) in [5.74, 6) is -0.564. The topological polar surface area (TPSA) is 99.3 Å². The number of nitrogens with zero attached hydrogens (tertiary/aromatic N) is 3. The van der Waals surface area contributed by atoms with Crippen LogP contribution in [0.3, 0.4) is 0 Å². The third kappa shape index (κ3) is 5.15. The number of carbonyl (C=O) groups excluding carboxylic acids is 4. The number of benzene rings is 1. The Morgan fingerprint density at radius 2 is 1.97 bits per heavy atom. The molecule has 4 amide bonds. The van der Waals surface area contributed by atoms with Gasteiger partial charge < -0.3 is 19.9 Å². The third-order valence-electron chi connectivity index (χ3n) is 7.05. The summed E-state index contributed by atoms with van der Waals surface area (Å²) in [5.41, 5.74) is 3.10. The molecule has 3 heterocycles. The van der Waals surface area contributed by atoms with Gasteiger partial charge in [-0.25, -0.2) is 4.79 Å². The van der Waals surface area contributed by atoms with Gasteiger partial charge in [0.05, 0.1) is 36.4 Å². The van der Waals surface area contributed by atoms with Crippen LogP contribution < -0.4 is 5.32 Å². The fourth-order valence-corrected chi connectivity index (χ4v) is 5.16. The minimum Gasteiger partial charge on any atom is -0.466 e. The van der Waals surface area contributed by atoms with Gasteiger partial charge in [0.25, 0.3) is 5.91 Å². The Morgan fingerprint density at radius 3 is 2.64 bits per heavy atom. The van der Waals surface area contributed by atoms with Crippen LogP contribution in [0.2, 0.25) is 0 Å². The highest BCUT2D eigenvalue weighted by Crippen LogP contribution is 2.36. The Bertz CT molecular complexity index is 1090. The van der Waals surface area contributed by atoms with Crippen LogP contribution in [0.25, 0.3) is 0 Å². The quantitative estimate of drug-likeness (QED) is 0.442. The van der Waals surface area contributed by atoms with Gasteiger partial charge in [0, 0.05) is 32.6 Å². The largest absolute Gasteiger partial charge is 0.466 e. The summed E-state index contributed by atoms with van der Waals surface area (Å²) in [7, 11) is 0. The lowest BCUT2D eigenvalue weighted by Gasteiger charge is -2.33. The number of nitrogens with one attached hydrogen (secondary N) is 1. The van der Waals surface area contributed by atoms with E-state index in [0.717, 1.165) is 11.1 Å². The van der Waals surface area contributed by atoms with Crippen molar-refractivity contribution < 1.29 is 23.9 Å². The first-order valence-electron chi connectivity index (χ1n) is 12.6. The van der Waals surface area contributed by atoms with Gasteiger partial charge in [-0.05, 0) is 32.3 Å². The Balaban J connectivity index is 1.43. The summed E-state index contributed by atoms with van der Waals surface area (Å²) in [5, 5.41) is 2.98. The van der Waals surface area contributed by atoms with Gasteiger partial charge in [-0.3, -0.25) is 19.3 Å². The van der Waals surface area contributed by atoms with E-state index in [0.29, 0.717) is 50.4 Å². The molecule has 1 saturated heterocycles. The molecule has 1 aromatic carbocycles. The van der Waals surface area contributed by atoms with Crippen LogP contribution in [0.5, 0.6) is 0 Å². The van der Waals surface area contributed by atoms with E-state index in [4.69, 9.17) is 4.74 Å². The standard InChI is InChI=1S/C27H34N4O5/c1-4-12-31-21-17-30(15-11-22(32)29-13-9-19(10-14-29)26(34)36-5-2)25(33)23(21)24(28-27(31)35)20-8-6-7-18(3)16-20/h4,6-8,16,19,24H,1,5,9-15,17H2,2-3H3,(H,28,35). The maximum Gasteiger partial charge on any atom is 0.322 e. The van der Waals surface area contributed by atoms with Crippen molar-refractivity contribution in [3.05, 3.63) is 59.3 Å². The molecular formula is C27H34N4O5. The fourth-order valence-electron chi connectivity index (χ4n) is 5.16. The van der Waals surface area contributed by atoms with Gasteiger partial charge in [-0.2, -0.15) is 0 Å². The zero-order valence-electron chi connectivity index (χ0n) is 21.0. The predicted octanol–water partition coefficient (Wildman–Crippen LogP) is 2.54. The van der Waals surface area contributed by atoms with Crippen molar-refractivity contribution in [3.63, 3.8) is 0 Å². The second-order valence-electron chi connectivity index (χ2n) is 9.44. The van der Waals surface area contributed by atoms with Crippen molar-refractivity contribution >= 4 is 23.8 Å². The van der Waals surface area contributed by atoms with Crippen molar-refractivity contribution in [2.24, 2.45) is 5.92 Å². The molecule has 1 atom stereocenters. The van der Waals surface area contributed by atoms with E-state index in [1.54, 1.807) is 27.7 Å². The Hall–Kier alpha value is -3.62. The monoisotopic (exact) mass is 494 g/mol. The lowest BCUT2D eigenvalue weighted by molar-refractivity contribution is -0.151. The zero-order chi connectivity index (χ0) is 25.8. The van der Waals surface area contributed by atoms with Crippen molar-refractivity contribution in [1.82, 2.24) is 20.0 Å². The van der Waals surface area contributed by atoms with Crippen molar-refractivity contribution in [2.75, 3.05) is 39.3 Å². The number of carbonyl (C=O) groups is 4. The number of esters is 1. The predicted molar refractivity (Wildman–Crippen MR) is 134 cm³/mol. The van der Waals surface area contributed by atoms with E-state index >= 15 is 0 Å². The van der Waals surface area contributed by atoms with Gasteiger partial charge in [0.2, 0.25) is 5.91 Å². The Kier molecular flexibility index (Phi) is 7.76. The summed E-state index contributed by atoms with van der Waals surface area (Å²) in [6.45, 7) is 9.70. The van der Waals surface area contributed by atoms with Crippen LogP contribution >= 0.6 is 0 Å². The Labute approximate surface area is 211 Å². The minimum absolute atomic E-state index is 0.0395. The number of urea groups is 1. The molecule has 0 bridgehead atoms. The number of piperidine rings is 1. The number of ether oxygens (including phenoxy) is 1. The number of amides is 4. The number of hydrogen-bond acceptors (Lipinski definition) is 5. The number of likely N-dealkylation sites (tertiary alicyclic amines) is 1. The highest BCUT2D eigenvalue weighted by atomic mass is 16.5. The van der Waals surface area contributed by atoms with E-state index < -0.39 is 6.04 Å². The highest BCUT2D eigenvalue weighted by Gasteiger charge is 2.43. The molecule has 9 heteroatoms. The maximum absolute atomic E-state index is 13.5. The summed E-state index contributed by atoms with van der Waals surface area (Å²) in [4.78, 5) is 56.2. The van der Waals surface area contributed by atoms with Gasteiger partial charge in [0.15, 0.2) is 0 Å². The second-order valence-corrected chi connectivity index (χ2v) is 9.44. The van der Waals surface area contributed by atoms with Crippen molar-refractivity contribution in [2.45, 2.75) is 39.2 Å². The molecule has 3 aliphatic heterocycles. The average molecular weight is 495 g/mol. The first-order valence-corrected chi connectivity index (χ1v) is 12.6. The highest BCUT2D eigenvalue weighted by molar-refractivity contribution is 6.01. The molecule has 4 rings (SSSR count). The third-order valence-corrected chi connectivity index (χ3v) is 7.05. The van der Waals surface area contributed by atoms with Crippen molar-refractivity contribution in [3.8, 4) is 0 Å². The van der Waals surface area contributed by atoms with Crippen LogP contribution in [0, 0.1) is 12.8 Å². The van der Waals surface area contributed by atoms with Crippen LogP contribution in [0.15, 0.2) is 48.2 Å². The van der Waals surface area contributed by atoms with Gasteiger partial charge in [-0.1, -0.05) is 35.9 Å². The van der Waals surface area contributed by atoms with E-state index in [2.05, 4.69) is 11.9 Å². The zero-order valence-corrected chi connectivity index (χ0v) is 21.0. The smallest absolute Gasteiger partial charge is 0.322 e. The summed E-state index contributed by atoms with van der Waals surface area (Å²) in [6.07, 6.45) is 3.00. The molecule has 0 saturated carbocycles. The maximum atomic E-state index is 13.5. The average Bonchev–Trinajstić information content (AvgIpc) is 3.20. The van der Waals surface area contributed by atoms with Crippen LogP contribution in [-0.4, -0.2) is 77.8 Å². The van der Waals surface area contributed by atoms with Gasteiger partial charge in [0.1, 0.15) is 0 Å². The molecule has 1 unspecified atom stereocenters. The molecule has 1 fully saturated rings. The summed E-state index contributed by atoms with van der Waals surface area (Å²) in [6, 6.07) is 6.95. The first-order chi connectivity index (χ1) is 17.3. The molecule has 9 nitrogen and oxygen atoms in total. The van der Waals surface area contributed by atoms with Crippen molar-refractivity contribution in [1.29, 1.82) is 0 Å². The molecule has 0 spiro atoms. The lowest BCUT2D eigenvalue weighted by Crippen LogP contribution is -2.47. The molecule has 3 aliphatic rings. The van der Waals surface area contributed by atoms with E-state index in [1.807, 2.05) is 31.2 Å². The van der Waals surface area contributed by atoms with Gasteiger partial charge >= 0.3 is 12.0 Å². The summed E-state index contributed by atoms with van der Waals surface area (Å²) < 4.78 is 5.10. The van der Waals surface area contributed by atoms with Gasteiger partial charge in [-0.15, -0.1) is 6.58 Å². The molecule has 36 heavy (non-hydrogen) atoms. The molecule has 0 aromatic heterocycles. The van der Waals surface area contributed by atoms with Crippen LogP contribution in [-0.2, 0) is 19.1 Å². The molecule has 1 aromatic rings. The Morgan fingerprint density at radius 1 is 1.22 bits per heavy atom. The molecule has 0 radical (unpaired) electrons. The molecular weight excluding hydrogens is 460 g/mol. The summed E-state index contributed by atoms with van der Waals surface area (Å²) >= 11 is 0. The first kappa shape index (κ1) is 25.5. The molecule has 192 valence electrons. The molecule has 1 N–H and O–H groups in total.